The van der Waals surface area contributed by atoms with Gasteiger partial charge in [0.1, 0.15) is 0 Å². The molecule has 0 aliphatic rings. The van der Waals surface area contributed by atoms with Crippen LogP contribution in [0.25, 0.3) is 0 Å². The van der Waals surface area contributed by atoms with Gasteiger partial charge in [-0.05, 0) is 31.2 Å². The molecule has 0 saturated carbocycles. The average Bonchev–Trinajstić information content (AvgIpc) is 2.27. The van der Waals surface area contributed by atoms with E-state index in [2.05, 4.69) is 0 Å². The number of sulfonamides is 1. The molecule has 3 N–H and O–H groups in total. The molecule has 1 atom stereocenters. The minimum Gasteiger partial charge on any atom is -0.479 e. The van der Waals surface area contributed by atoms with Gasteiger partial charge in [0, 0.05) is 5.02 Å². The first-order valence-corrected chi connectivity index (χ1v) is 6.72. The number of carbonyl (C=O) groups is 1. The molecule has 0 aromatic heterocycles. The van der Waals surface area contributed by atoms with Crippen molar-refractivity contribution in [3.8, 4) is 0 Å². The monoisotopic (exact) mass is 293 g/mol. The third-order valence-electron chi connectivity index (χ3n) is 2.19. The molecular formula is C10H12ClNO5S. The molecule has 6 nitrogen and oxygen atoms in total. The van der Waals surface area contributed by atoms with Crippen LogP contribution >= 0.6 is 11.6 Å². The summed E-state index contributed by atoms with van der Waals surface area (Å²) >= 11 is 5.62. The lowest BCUT2D eigenvalue weighted by Gasteiger charge is -2.18. The van der Waals surface area contributed by atoms with Crippen molar-refractivity contribution < 1.29 is 23.4 Å². The van der Waals surface area contributed by atoms with Crippen molar-refractivity contribution in [3.63, 3.8) is 0 Å². The van der Waals surface area contributed by atoms with Crippen molar-refractivity contribution in [2.75, 3.05) is 6.54 Å². The number of nitrogens with one attached hydrogen (secondary N) is 1. The number of rotatable bonds is 5. The van der Waals surface area contributed by atoms with Gasteiger partial charge in [-0.25, -0.2) is 17.9 Å². The van der Waals surface area contributed by atoms with Crippen molar-refractivity contribution >= 4 is 27.6 Å². The van der Waals surface area contributed by atoms with Gasteiger partial charge < -0.3 is 10.2 Å². The number of halogens is 1. The molecule has 1 aromatic carbocycles. The van der Waals surface area contributed by atoms with E-state index in [9.17, 15) is 18.3 Å². The fourth-order valence-corrected chi connectivity index (χ4v) is 2.27. The number of aliphatic carboxylic acids is 1. The predicted octanol–water partition coefficient (Wildman–Crippen LogP) is 0.454. The smallest absolute Gasteiger partial charge is 0.336 e. The number of benzene rings is 1. The predicted molar refractivity (Wildman–Crippen MR) is 64.9 cm³/mol. The van der Waals surface area contributed by atoms with Crippen molar-refractivity contribution in [3.05, 3.63) is 29.3 Å². The summed E-state index contributed by atoms with van der Waals surface area (Å²) in [5.41, 5.74) is -2.17. The second kappa shape index (κ2) is 5.23. The number of hydrogen-bond donors (Lipinski definition) is 3. The highest BCUT2D eigenvalue weighted by Gasteiger charge is 2.31. The van der Waals surface area contributed by atoms with Crippen LogP contribution in [0.4, 0.5) is 0 Å². The summed E-state index contributed by atoms with van der Waals surface area (Å²) in [5.74, 6) is -1.51. The molecular weight excluding hydrogens is 282 g/mol. The topological polar surface area (TPSA) is 104 Å². The minimum atomic E-state index is -3.88. The Morgan fingerprint density at radius 1 is 1.39 bits per heavy atom. The van der Waals surface area contributed by atoms with Gasteiger partial charge in [0.05, 0.1) is 11.4 Å². The quantitative estimate of drug-likeness (QED) is 0.731. The van der Waals surface area contributed by atoms with E-state index in [1.807, 2.05) is 4.72 Å². The molecule has 0 fully saturated rings. The summed E-state index contributed by atoms with van der Waals surface area (Å²) in [6, 6.07) is 5.34. The number of aliphatic hydroxyl groups is 1. The van der Waals surface area contributed by atoms with Crippen molar-refractivity contribution in [2.24, 2.45) is 0 Å². The highest BCUT2D eigenvalue weighted by Crippen LogP contribution is 2.14. The summed E-state index contributed by atoms with van der Waals surface area (Å²) in [7, 11) is -3.88. The lowest BCUT2D eigenvalue weighted by Crippen LogP contribution is -2.46. The lowest BCUT2D eigenvalue weighted by molar-refractivity contribution is -0.155. The highest BCUT2D eigenvalue weighted by atomic mass is 35.5. The molecule has 0 spiro atoms. The maximum atomic E-state index is 11.8. The fraction of sp³-hybridized carbons (Fsp3) is 0.300. The van der Waals surface area contributed by atoms with Gasteiger partial charge in [-0.2, -0.15) is 0 Å². The fourth-order valence-electron chi connectivity index (χ4n) is 1.01. The van der Waals surface area contributed by atoms with Crippen LogP contribution in [0.3, 0.4) is 0 Å². The molecule has 18 heavy (non-hydrogen) atoms. The average molecular weight is 294 g/mol. The first-order chi connectivity index (χ1) is 8.15. The molecule has 1 rings (SSSR count). The third-order valence-corrected chi connectivity index (χ3v) is 3.86. The Kier molecular flexibility index (Phi) is 4.33. The Morgan fingerprint density at radius 3 is 2.33 bits per heavy atom. The largest absolute Gasteiger partial charge is 0.479 e. The lowest BCUT2D eigenvalue weighted by atomic mass is 10.1. The molecule has 0 amide bonds. The van der Waals surface area contributed by atoms with Crippen LogP contribution in [0, 0.1) is 0 Å². The summed E-state index contributed by atoms with van der Waals surface area (Å²) in [6.07, 6.45) is 0. The van der Waals surface area contributed by atoms with Gasteiger partial charge in [0.15, 0.2) is 5.60 Å². The Hall–Kier alpha value is -1.15. The van der Waals surface area contributed by atoms with Gasteiger partial charge >= 0.3 is 5.97 Å². The molecule has 0 bridgehead atoms. The molecule has 1 aromatic rings. The van der Waals surface area contributed by atoms with Gasteiger partial charge in [-0.1, -0.05) is 11.6 Å². The normalized spacial score (nSPS) is 15.1. The molecule has 0 heterocycles. The van der Waals surface area contributed by atoms with E-state index in [0.29, 0.717) is 5.02 Å². The summed E-state index contributed by atoms with van der Waals surface area (Å²) in [6.45, 7) is 0.368. The minimum absolute atomic E-state index is 0.0620. The molecule has 0 aliphatic heterocycles. The van der Waals surface area contributed by atoms with E-state index in [1.165, 1.54) is 24.3 Å². The Bertz CT molecular complexity index is 538. The van der Waals surface area contributed by atoms with Crippen LogP contribution < -0.4 is 4.72 Å². The van der Waals surface area contributed by atoms with E-state index in [4.69, 9.17) is 16.7 Å². The number of carboxylic acid groups (broad SMARTS) is 1. The molecule has 0 radical (unpaired) electrons. The second-order valence-electron chi connectivity index (χ2n) is 3.86. The van der Waals surface area contributed by atoms with E-state index < -0.39 is 28.1 Å². The first-order valence-electron chi connectivity index (χ1n) is 4.86. The standard InChI is InChI=1S/C10H12ClNO5S/c1-10(15,9(13)14)6-12-18(16,17)8-4-2-7(11)3-5-8/h2-5,12,15H,6H2,1H3,(H,13,14). The zero-order valence-corrected chi connectivity index (χ0v) is 11.0. The van der Waals surface area contributed by atoms with Gasteiger partial charge in [-0.15, -0.1) is 0 Å². The molecule has 8 heteroatoms. The zero-order chi connectivity index (χ0) is 14.0. The second-order valence-corrected chi connectivity index (χ2v) is 6.06. The van der Waals surface area contributed by atoms with Crippen molar-refractivity contribution in [1.82, 2.24) is 4.72 Å². The van der Waals surface area contributed by atoms with Crippen molar-refractivity contribution in [2.45, 2.75) is 17.4 Å². The van der Waals surface area contributed by atoms with Crippen LogP contribution in [0.1, 0.15) is 6.92 Å². The summed E-state index contributed by atoms with van der Waals surface area (Å²) < 4.78 is 25.5. The molecule has 0 aliphatic carbocycles. The maximum absolute atomic E-state index is 11.8. The highest BCUT2D eigenvalue weighted by molar-refractivity contribution is 7.89. The van der Waals surface area contributed by atoms with E-state index in [1.54, 1.807) is 0 Å². The van der Waals surface area contributed by atoms with Crippen LogP contribution in [0.5, 0.6) is 0 Å². The Morgan fingerprint density at radius 2 is 1.89 bits per heavy atom. The maximum Gasteiger partial charge on any atom is 0.336 e. The van der Waals surface area contributed by atoms with E-state index >= 15 is 0 Å². The SMILES string of the molecule is CC(O)(CNS(=O)(=O)c1ccc(Cl)cc1)C(=O)O. The third kappa shape index (κ3) is 3.67. The van der Waals surface area contributed by atoms with Crippen LogP contribution in [0.15, 0.2) is 29.2 Å². The summed E-state index contributed by atoms with van der Waals surface area (Å²) in [5, 5.41) is 18.4. The Labute approximate surface area is 109 Å². The van der Waals surface area contributed by atoms with Crippen LogP contribution in [0.2, 0.25) is 5.02 Å². The molecule has 1 unspecified atom stereocenters. The van der Waals surface area contributed by atoms with Crippen molar-refractivity contribution in [1.29, 1.82) is 0 Å². The zero-order valence-electron chi connectivity index (χ0n) is 9.42. The summed E-state index contributed by atoms with van der Waals surface area (Å²) in [4.78, 5) is 10.6. The van der Waals surface area contributed by atoms with Gasteiger partial charge in [0.25, 0.3) is 0 Å². The first kappa shape index (κ1) is 14.9. The van der Waals surface area contributed by atoms with E-state index in [-0.39, 0.29) is 4.90 Å². The molecule has 100 valence electrons. The van der Waals surface area contributed by atoms with Crippen LogP contribution in [-0.2, 0) is 14.8 Å². The number of carboxylic acids is 1. The Balaban J connectivity index is 2.84. The van der Waals surface area contributed by atoms with Gasteiger partial charge in [-0.3, -0.25) is 0 Å². The molecule has 0 saturated heterocycles. The van der Waals surface area contributed by atoms with Crippen LogP contribution in [-0.4, -0.2) is 36.7 Å². The van der Waals surface area contributed by atoms with Gasteiger partial charge in [0.2, 0.25) is 10.0 Å². The number of hydrogen-bond acceptors (Lipinski definition) is 4. The van der Waals surface area contributed by atoms with E-state index in [0.717, 1.165) is 6.92 Å².